The second kappa shape index (κ2) is 6.59. The highest BCUT2D eigenvalue weighted by atomic mass is 35.5. The SMILES string of the molecule is CCCn1cc(Oc2c(Cl)cccc2CNC)cn1. The molecule has 0 spiro atoms. The van der Waals surface area contributed by atoms with E-state index in [0.29, 0.717) is 23.1 Å². The molecule has 0 saturated carbocycles. The highest BCUT2D eigenvalue weighted by Crippen LogP contribution is 2.32. The Morgan fingerprint density at radius 2 is 2.26 bits per heavy atom. The Kier molecular flexibility index (Phi) is 4.82. The minimum atomic E-state index is 0.607. The molecule has 2 rings (SSSR count). The minimum absolute atomic E-state index is 0.607. The Morgan fingerprint density at radius 3 is 3.00 bits per heavy atom. The fourth-order valence-electron chi connectivity index (χ4n) is 1.86. The molecule has 2 aromatic rings. The van der Waals surface area contributed by atoms with Crippen LogP contribution in [0.3, 0.4) is 0 Å². The van der Waals surface area contributed by atoms with E-state index in [0.717, 1.165) is 18.5 Å². The van der Waals surface area contributed by atoms with Crippen molar-refractivity contribution < 1.29 is 4.74 Å². The van der Waals surface area contributed by atoms with E-state index in [1.807, 2.05) is 36.1 Å². The van der Waals surface area contributed by atoms with Gasteiger partial charge in [-0.15, -0.1) is 0 Å². The lowest BCUT2D eigenvalue weighted by atomic mass is 10.2. The predicted molar refractivity (Wildman–Crippen MR) is 76.8 cm³/mol. The zero-order valence-electron chi connectivity index (χ0n) is 11.2. The molecule has 1 aromatic heterocycles. The van der Waals surface area contributed by atoms with E-state index < -0.39 is 0 Å². The topological polar surface area (TPSA) is 39.1 Å². The van der Waals surface area contributed by atoms with Gasteiger partial charge in [-0.1, -0.05) is 30.7 Å². The van der Waals surface area contributed by atoms with Crippen LogP contribution in [0, 0.1) is 0 Å². The maximum Gasteiger partial charge on any atom is 0.165 e. The van der Waals surface area contributed by atoms with Gasteiger partial charge in [0.15, 0.2) is 11.5 Å². The van der Waals surface area contributed by atoms with Crippen LogP contribution in [0.25, 0.3) is 0 Å². The molecule has 0 fully saturated rings. The molecule has 19 heavy (non-hydrogen) atoms. The Morgan fingerprint density at radius 1 is 1.42 bits per heavy atom. The molecule has 102 valence electrons. The van der Waals surface area contributed by atoms with Crippen molar-refractivity contribution in [1.29, 1.82) is 0 Å². The van der Waals surface area contributed by atoms with Crippen molar-refractivity contribution >= 4 is 11.6 Å². The Balaban J connectivity index is 2.21. The number of rotatable bonds is 6. The number of ether oxygens (including phenoxy) is 1. The van der Waals surface area contributed by atoms with Gasteiger partial charge in [-0.05, 0) is 19.5 Å². The molecule has 0 saturated heterocycles. The van der Waals surface area contributed by atoms with E-state index in [-0.39, 0.29) is 0 Å². The first-order valence-corrected chi connectivity index (χ1v) is 6.74. The number of nitrogens with one attached hydrogen (secondary N) is 1. The van der Waals surface area contributed by atoms with Crippen LogP contribution in [0.5, 0.6) is 11.5 Å². The summed E-state index contributed by atoms with van der Waals surface area (Å²) in [6.07, 6.45) is 4.64. The predicted octanol–water partition coefficient (Wildman–Crippen LogP) is 3.46. The lowest BCUT2D eigenvalue weighted by Gasteiger charge is -2.11. The molecule has 1 heterocycles. The van der Waals surface area contributed by atoms with Crippen LogP contribution in [0.4, 0.5) is 0 Å². The highest BCUT2D eigenvalue weighted by Gasteiger charge is 2.10. The van der Waals surface area contributed by atoms with Gasteiger partial charge in [0.2, 0.25) is 0 Å². The molecule has 5 heteroatoms. The molecule has 0 radical (unpaired) electrons. The number of benzene rings is 1. The zero-order chi connectivity index (χ0) is 13.7. The molecule has 1 N–H and O–H groups in total. The van der Waals surface area contributed by atoms with Crippen molar-refractivity contribution in [1.82, 2.24) is 15.1 Å². The molecule has 0 bridgehead atoms. The largest absolute Gasteiger partial charge is 0.452 e. The number of hydrogen-bond acceptors (Lipinski definition) is 3. The third-order valence-corrected chi connectivity index (χ3v) is 3.00. The summed E-state index contributed by atoms with van der Waals surface area (Å²) in [6.45, 7) is 3.70. The smallest absolute Gasteiger partial charge is 0.165 e. The molecule has 0 aliphatic carbocycles. The average Bonchev–Trinajstić information content (AvgIpc) is 2.82. The molecule has 0 atom stereocenters. The molecule has 1 aromatic carbocycles. The van der Waals surface area contributed by atoms with E-state index in [2.05, 4.69) is 17.3 Å². The van der Waals surface area contributed by atoms with Crippen molar-refractivity contribution in [2.45, 2.75) is 26.4 Å². The van der Waals surface area contributed by atoms with Crippen LogP contribution >= 0.6 is 11.6 Å². The highest BCUT2D eigenvalue weighted by molar-refractivity contribution is 6.32. The van der Waals surface area contributed by atoms with Crippen LogP contribution in [0.15, 0.2) is 30.6 Å². The van der Waals surface area contributed by atoms with Gasteiger partial charge in [-0.25, -0.2) is 0 Å². The maximum absolute atomic E-state index is 6.20. The summed E-state index contributed by atoms with van der Waals surface area (Å²) in [7, 11) is 1.89. The minimum Gasteiger partial charge on any atom is -0.452 e. The Bertz CT molecular complexity index is 539. The van der Waals surface area contributed by atoms with Gasteiger partial charge in [-0.3, -0.25) is 4.68 Å². The molecule has 0 unspecified atom stereocenters. The lowest BCUT2D eigenvalue weighted by Crippen LogP contribution is -2.06. The first kappa shape index (κ1) is 13.9. The van der Waals surface area contributed by atoms with E-state index in [4.69, 9.17) is 16.3 Å². The first-order chi connectivity index (χ1) is 9.24. The number of halogens is 1. The fraction of sp³-hybridized carbons (Fsp3) is 0.357. The van der Waals surface area contributed by atoms with Crippen molar-refractivity contribution in [2.75, 3.05) is 7.05 Å². The number of hydrogen-bond donors (Lipinski definition) is 1. The van der Waals surface area contributed by atoms with Crippen molar-refractivity contribution in [3.05, 3.63) is 41.2 Å². The third kappa shape index (κ3) is 3.49. The van der Waals surface area contributed by atoms with Crippen LogP contribution in [-0.2, 0) is 13.1 Å². The van der Waals surface area contributed by atoms with E-state index in [9.17, 15) is 0 Å². The number of para-hydroxylation sites is 1. The standard InChI is InChI=1S/C14H18ClN3O/c1-3-7-18-10-12(9-17-18)19-14-11(8-16-2)5-4-6-13(14)15/h4-6,9-10,16H,3,7-8H2,1-2H3. The van der Waals surface area contributed by atoms with Crippen LogP contribution < -0.4 is 10.1 Å². The summed E-state index contributed by atoms with van der Waals surface area (Å²) >= 11 is 6.20. The van der Waals surface area contributed by atoms with Gasteiger partial charge in [0.05, 0.1) is 17.4 Å². The molecule has 0 aliphatic heterocycles. The summed E-state index contributed by atoms with van der Waals surface area (Å²) in [6, 6.07) is 5.74. The van der Waals surface area contributed by atoms with E-state index in [1.165, 1.54) is 0 Å². The summed E-state index contributed by atoms with van der Waals surface area (Å²) in [5.41, 5.74) is 1.03. The Hall–Kier alpha value is -1.52. The van der Waals surface area contributed by atoms with Gasteiger partial charge in [0, 0.05) is 18.7 Å². The Labute approximate surface area is 118 Å². The fourth-order valence-corrected chi connectivity index (χ4v) is 2.10. The molecule has 0 aliphatic rings. The normalized spacial score (nSPS) is 10.7. The van der Waals surface area contributed by atoms with Gasteiger partial charge in [0.25, 0.3) is 0 Å². The zero-order valence-corrected chi connectivity index (χ0v) is 11.9. The lowest BCUT2D eigenvalue weighted by molar-refractivity contribution is 0.472. The maximum atomic E-state index is 6.20. The monoisotopic (exact) mass is 279 g/mol. The second-order valence-corrected chi connectivity index (χ2v) is 4.71. The summed E-state index contributed by atoms with van der Waals surface area (Å²) < 4.78 is 7.73. The van der Waals surface area contributed by atoms with E-state index in [1.54, 1.807) is 6.20 Å². The summed E-state index contributed by atoms with van der Waals surface area (Å²) in [5.74, 6) is 1.40. The van der Waals surface area contributed by atoms with Gasteiger partial charge in [0.1, 0.15) is 0 Å². The number of aryl methyl sites for hydroxylation is 1. The van der Waals surface area contributed by atoms with Gasteiger partial charge in [-0.2, -0.15) is 5.10 Å². The quantitative estimate of drug-likeness (QED) is 0.880. The van der Waals surface area contributed by atoms with Crippen LogP contribution in [-0.4, -0.2) is 16.8 Å². The van der Waals surface area contributed by atoms with Crippen molar-refractivity contribution in [2.24, 2.45) is 0 Å². The first-order valence-electron chi connectivity index (χ1n) is 6.37. The van der Waals surface area contributed by atoms with Crippen molar-refractivity contribution in [3.63, 3.8) is 0 Å². The number of aromatic nitrogens is 2. The molecule has 4 nitrogen and oxygen atoms in total. The van der Waals surface area contributed by atoms with E-state index >= 15 is 0 Å². The second-order valence-electron chi connectivity index (χ2n) is 4.30. The van der Waals surface area contributed by atoms with Crippen LogP contribution in [0.1, 0.15) is 18.9 Å². The van der Waals surface area contributed by atoms with Gasteiger partial charge < -0.3 is 10.1 Å². The van der Waals surface area contributed by atoms with Gasteiger partial charge >= 0.3 is 0 Å². The molecular formula is C14H18ClN3O. The van der Waals surface area contributed by atoms with Crippen molar-refractivity contribution in [3.8, 4) is 11.5 Å². The summed E-state index contributed by atoms with van der Waals surface area (Å²) in [5, 5.41) is 7.95. The number of nitrogens with zero attached hydrogens (tertiary/aromatic N) is 2. The third-order valence-electron chi connectivity index (χ3n) is 2.70. The summed E-state index contributed by atoms with van der Waals surface area (Å²) in [4.78, 5) is 0. The molecular weight excluding hydrogens is 262 g/mol. The van der Waals surface area contributed by atoms with Crippen LogP contribution in [0.2, 0.25) is 5.02 Å². The molecule has 0 amide bonds. The average molecular weight is 280 g/mol.